The molecule has 0 radical (unpaired) electrons. The summed E-state index contributed by atoms with van der Waals surface area (Å²) in [7, 11) is 3.42. The van der Waals surface area contributed by atoms with Gasteiger partial charge in [0, 0.05) is 29.9 Å². The number of thioether (sulfide) groups is 1. The van der Waals surface area contributed by atoms with Crippen LogP contribution in [-0.2, 0) is 23.9 Å². The van der Waals surface area contributed by atoms with Gasteiger partial charge in [-0.2, -0.15) is 0 Å². The number of carboxylic acid groups (broad SMARTS) is 2. The maximum Gasteiger partial charge on any atom is 0.414 e. The second-order valence-corrected chi connectivity index (χ2v) is 8.78. The molecule has 1 heterocycles. The van der Waals surface area contributed by atoms with E-state index >= 15 is 0 Å². The Balaban J connectivity index is 0.000000641. The minimum absolute atomic E-state index is 0.259. The smallest absolute Gasteiger partial charge is 0.414 e. The van der Waals surface area contributed by atoms with Crippen LogP contribution in [0.2, 0.25) is 5.02 Å². The Bertz CT molecular complexity index is 1070. The molecular weight excluding hydrogens is 500 g/mol. The van der Waals surface area contributed by atoms with Crippen molar-refractivity contribution in [2.45, 2.75) is 23.2 Å². The highest BCUT2D eigenvalue weighted by atomic mass is 35.5. The number of nitrogens with one attached hydrogen (secondary N) is 1. The molecule has 10 nitrogen and oxygen atoms in total. The fourth-order valence-corrected chi connectivity index (χ4v) is 4.78. The number of aliphatic carboxylic acids is 2. The lowest BCUT2D eigenvalue weighted by atomic mass is 10.1. The lowest BCUT2D eigenvalue weighted by Crippen LogP contribution is -2.45. The molecule has 0 fully saturated rings. The molecule has 0 aliphatic carbocycles. The van der Waals surface area contributed by atoms with E-state index in [9.17, 15) is 9.59 Å². The Morgan fingerprint density at radius 1 is 1.11 bits per heavy atom. The summed E-state index contributed by atoms with van der Waals surface area (Å²) < 4.78 is 10.8. The molecular formula is C23H25ClN2O8S. The van der Waals surface area contributed by atoms with Crippen molar-refractivity contribution < 1.29 is 38.9 Å². The number of carbonyl (C=O) groups is 4. The number of methoxy groups -OCH3 is 1. The topological polar surface area (TPSA) is 142 Å². The molecule has 1 amide bonds. The van der Waals surface area contributed by atoms with Gasteiger partial charge >= 0.3 is 17.9 Å². The van der Waals surface area contributed by atoms with Gasteiger partial charge in [-0.05, 0) is 42.9 Å². The zero-order chi connectivity index (χ0) is 26.1. The van der Waals surface area contributed by atoms with Gasteiger partial charge < -0.3 is 29.9 Å². The summed E-state index contributed by atoms with van der Waals surface area (Å²) in [6.45, 7) is 2.35. The van der Waals surface area contributed by atoms with Crippen LogP contribution < -0.4 is 15.0 Å². The van der Waals surface area contributed by atoms with Crippen molar-refractivity contribution >= 4 is 52.9 Å². The van der Waals surface area contributed by atoms with Crippen LogP contribution in [0.15, 0.2) is 47.4 Å². The molecule has 1 aliphatic heterocycles. The summed E-state index contributed by atoms with van der Waals surface area (Å²) in [5.41, 5.74) is 1.62. The van der Waals surface area contributed by atoms with Crippen LogP contribution in [-0.4, -0.2) is 67.4 Å². The van der Waals surface area contributed by atoms with Gasteiger partial charge in [-0.25, -0.2) is 9.59 Å². The molecule has 0 spiro atoms. The second kappa shape index (κ2) is 13.0. The predicted octanol–water partition coefficient (Wildman–Crippen LogP) is 2.84. The van der Waals surface area contributed by atoms with Crippen LogP contribution in [0, 0.1) is 0 Å². The number of fused-ring (bicyclic) bond motifs is 1. The van der Waals surface area contributed by atoms with Gasteiger partial charge in [0.2, 0.25) is 0 Å². The van der Waals surface area contributed by atoms with E-state index in [1.807, 2.05) is 43.4 Å². The van der Waals surface area contributed by atoms with Crippen molar-refractivity contribution in [2.24, 2.45) is 0 Å². The zero-order valence-electron chi connectivity index (χ0n) is 19.2. The largest absolute Gasteiger partial charge is 0.497 e. The summed E-state index contributed by atoms with van der Waals surface area (Å²) >= 11 is 7.71. The van der Waals surface area contributed by atoms with Crippen molar-refractivity contribution in [1.29, 1.82) is 0 Å². The summed E-state index contributed by atoms with van der Waals surface area (Å²) in [4.78, 5) is 46.0. The SMILES string of the molecule is CNCCN1C(=O)[C@@H](OC(C)=O)[C@@H](c2ccc(OC)cc2)Sc2cc(Cl)ccc21.O=C(O)C(=O)O. The Hall–Kier alpha value is -3.28. The number of rotatable bonds is 6. The second-order valence-electron chi connectivity index (χ2n) is 7.16. The number of esters is 1. The van der Waals surface area contributed by atoms with Gasteiger partial charge in [-0.15, -0.1) is 11.8 Å². The van der Waals surface area contributed by atoms with Gasteiger partial charge in [0.25, 0.3) is 5.91 Å². The number of anilines is 1. The molecule has 0 unspecified atom stereocenters. The van der Waals surface area contributed by atoms with Crippen LogP contribution in [0.1, 0.15) is 17.7 Å². The van der Waals surface area contributed by atoms with E-state index < -0.39 is 29.3 Å². The van der Waals surface area contributed by atoms with Gasteiger partial charge in [0.05, 0.1) is 18.0 Å². The number of benzene rings is 2. The van der Waals surface area contributed by atoms with Crippen LogP contribution in [0.3, 0.4) is 0 Å². The van der Waals surface area contributed by atoms with E-state index in [4.69, 9.17) is 40.9 Å². The van der Waals surface area contributed by atoms with E-state index in [0.717, 1.165) is 16.1 Å². The third-order valence-electron chi connectivity index (χ3n) is 4.76. The summed E-state index contributed by atoms with van der Waals surface area (Å²) in [5, 5.41) is 18.0. The molecule has 3 N–H and O–H groups in total. The maximum atomic E-state index is 13.5. The highest BCUT2D eigenvalue weighted by Crippen LogP contribution is 2.47. The minimum Gasteiger partial charge on any atom is -0.497 e. The molecule has 0 aromatic heterocycles. The lowest BCUT2D eigenvalue weighted by molar-refractivity contribution is -0.159. The standard InChI is InChI=1S/C21H23ClN2O4S.C2H2O4/c1-13(25)28-19-20(14-4-7-16(27-3)8-5-14)29-18-12-15(22)6-9-17(18)24(21(19)26)11-10-23-2;3-1(4)2(5)6/h4-9,12,19-20,23H,10-11H2,1-3H3;(H,3,4)(H,5,6)/t19-,20+;/m0./s1. The van der Waals surface area contributed by atoms with Gasteiger partial charge in [0.1, 0.15) is 5.75 Å². The molecule has 0 saturated heterocycles. The molecule has 1 aliphatic rings. The first-order chi connectivity index (χ1) is 16.6. The number of carbonyl (C=O) groups excluding carboxylic acids is 2. The summed E-state index contributed by atoms with van der Waals surface area (Å²) in [6, 6.07) is 12.9. The average molecular weight is 525 g/mol. The number of nitrogens with zero attached hydrogens (tertiary/aromatic N) is 1. The molecule has 3 rings (SSSR count). The number of amides is 1. The normalized spacial score (nSPS) is 16.8. The summed E-state index contributed by atoms with van der Waals surface area (Å²) in [5.74, 6) is -3.70. The molecule has 2 aromatic rings. The first-order valence-electron chi connectivity index (χ1n) is 10.3. The Labute approximate surface area is 211 Å². The Kier molecular flexibility index (Phi) is 10.4. The van der Waals surface area contributed by atoms with Gasteiger partial charge in [-0.1, -0.05) is 23.7 Å². The third-order valence-corrected chi connectivity index (χ3v) is 6.35. The fourth-order valence-electron chi connectivity index (χ4n) is 3.19. The van der Waals surface area contributed by atoms with Gasteiger partial charge in [0.15, 0.2) is 6.10 Å². The average Bonchev–Trinajstić information content (AvgIpc) is 2.92. The van der Waals surface area contributed by atoms with Crippen LogP contribution in [0.4, 0.5) is 5.69 Å². The molecule has 188 valence electrons. The monoisotopic (exact) mass is 524 g/mol. The van der Waals surface area contributed by atoms with Crippen LogP contribution >= 0.6 is 23.4 Å². The highest BCUT2D eigenvalue weighted by Gasteiger charge is 2.40. The number of ether oxygens (including phenoxy) is 2. The number of carboxylic acids is 2. The molecule has 0 saturated carbocycles. The van der Waals surface area contributed by atoms with E-state index in [2.05, 4.69) is 5.32 Å². The van der Waals surface area contributed by atoms with E-state index in [-0.39, 0.29) is 5.91 Å². The fraction of sp³-hybridized carbons (Fsp3) is 0.304. The van der Waals surface area contributed by atoms with E-state index in [0.29, 0.717) is 23.9 Å². The predicted molar refractivity (Wildman–Crippen MR) is 130 cm³/mol. The third kappa shape index (κ3) is 7.61. The van der Waals surface area contributed by atoms with Crippen LogP contribution in [0.25, 0.3) is 0 Å². The molecule has 35 heavy (non-hydrogen) atoms. The Morgan fingerprint density at radius 3 is 2.26 bits per heavy atom. The number of halogens is 1. The van der Waals surface area contributed by atoms with E-state index in [1.165, 1.54) is 18.7 Å². The quantitative estimate of drug-likeness (QED) is 0.381. The van der Waals surface area contributed by atoms with Crippen LogP contribution in [0.5, 0.6) is 5.75 Å². The molecule has 2 aromatic carbocycles. The van der Waals surface area contributed by atoms with Gasteiger partial charge in [-0.3, -0.25) is 9.59 Å². The highest BCUT2D eigenvalue weighted by molar-refractivity contribution is 7.99. The molecule has 2 atom stereocenters. The lowest BCUT2D eigenvalue weighted by Gasteiger charge is -2.27. The number of hydrogen-bond acceptors (Lipinski definition) is 8. The zero-order valence-corrected chi connectivity index (χ0v) is 20.8. The van der Waals surface area contributed by atoms with Crippen molar-refractivity contribution in [1.82, 2.24) is 5.32 Å². The Morgan fingerprint density at radius 2 is 1.74 bits per heavy atom. The first-order valence-corrected chi connectivity index (χ1v) is 11.5. The van der Waals surface area contributed by atoms with Crippen molar-refractivity contribution in [3.05, 3.63) is 53.1 Å². The maximum absolute atomic E-state index is 13.5. The number of hydrogen-bond donors (Lipinski definition) is 3. The summed E-state index contributed by atoms with van der Waals surface area (Å²) in [6.07, 6.45) is -0.964. The molecule has 0 bridgehead atoms. The minimum atomic E-state index is -1.82. The first kappa shape index (κ1) is 28.0. The van der Waals surface area contributed by atoms with Crippen molar-refractivity contribution in [3.63, 3.8) is 0 Å². The van der Waals surface area contributed by atoms with Crippen molar-refractivity contribution in [2.75, 3.05) is 32.1 Å². The number of likely N-dealkylation sites (N-methyl/N-ethyl adjacent to an activating group) is 1. The molecule has 12 heteroatoms. The van der Waals surface area contributed by atoms with Crippen molar-refractivity contribution in [3.8, 4) is 5.75 Å². The van der Waals surface area contributed by atoms with E-state index in [1.54, 1.807) is 18.1 Å².